The molecule has 1 amide bonds. The van der Waals surface area contributed by atoms with Crippen LogP contribution in [0.2, 0.25) is 0 Å². The summed E-state index contributed by atoms with van der Waals surface area (Å²) in [6, 6.07) is 0. The lowest BCUT2D eigenvalue weighted by Crippen LogP contribution is -2.51. The van der Waals surface area contributed by atoms with Gasteiger partial charge < -0.3 is 19.4 Å². The summed E-state index contributed by atoms with van der Waals surface area (Å²) in [7, 11) is 1.85. The molecule has 2 N–H and O–H groups in total. The molecule has 270 valence electrons. The lowest BCUT2D eigenvalue weighted by Gasteiger charge is -2.58. The molecule has 10 atom stereocenters. The Morgan fingerprint density at radius 1 is 1.06 bits per heavy atom. The van der Waals surface area contributed by atoms with Crippen LogP contribution in [0, 0.1) is 52.3 Å². The topological polar surface area (TPSA) is 94.1 Å². The fraction of sp³-hybridized carbons (Fsp3) is 0.868. The van der Waals surface area contributed by atoms with Crippen LogP contribution in [0.1, 0.15) is 106 Å². The minimum Gasteiger partial charge on any atom is -0.446 e. The molecule has 9 heteroatoms. The smallest absolute Gasteiger partial charge is 0.446 e. The third kappa shape index (κ3) is 9.54. The highest BCUT2D eigenvalue weighted by Gasteiger charge is 2.59. The van der Waals surface area contributed by atoms with Crippen molar-refractivity contribution in [2.75, 3.05) is 47.4 Å². The summed E-state index contributed by atoms with van der Waals surface area (Å²) in [6.07, 6.45) is 18.1. The molecule has 47 heavy (non-hydrogen) atoms. The molecule has 3 saturated carbocycles. The van der Waals surface area contributed by atoms with Crippen molar-refractivity contribution in [3.8, 4) is 0 Å². The number of nitrogens with one attached hydrogen (secondary N) is 1. The molecule has 4 aliphatic carbocycles. The van der Waals surface area contributed by atoms with E-state index >= 15 is 0 Å². The third-order valence-corrected chi connectivity index (χ3v) is 13.9. The van der Waals surface area contributed by atoms with Gasteiger partial charge in [0.25, 0.3) is 0 Å². The van der Waals surface area contributed by atoms with Crippen molar-refractivity contribution in [3.63, 3.8) is 0 Å². The van der Waals surface area contributed by atoms with Crippen LogP contribution in [-0.4, -0.2) is 69.0 Å². The number of rotatable bonds is 15. The second-order valence-electron chi connectivity index (χ2n) is 17.2. The first-order chi connectivity index (χ1) is 22.0. The Morgan fingerprint density at radius 2 is 1.79 bits per heavy atom. The number of carbonyl (C=O) groups is 1. The monoisotopic (exact) mass is 679 g/mol. The van der Waals surface area contributed by atoms with Crippen LogP contribution in [0.4, 0.5) is 4.79 Å². The van der Waals surface area contributed by atoms with E-state index in [0.29, 0.717) is 47.2 Å². The van der Waals surface area contributed by atoms with Gasteiger partial charge in [0.15, 0.2) is 0 Å². The molecule has 4 aliphatic rings. The zero-order valence-corrected chi connectivity index (χ0v) is 32.0. The molecule has 0 spiro atoms. The number of fused-ring (bicyclic) bond motifs is 5. The number of nitrogens with zero attached hydrogens (tertiary/aromatic N) is 1. The SMILES string of the molecule is CC[C@H](/C=C/[C@@H](C)[C@H]1CCC2C3CC=C4C[C@@H](OC(=O)NCCCOP(=O)(O)OCC[N+](C)(C)C)CC[C@]4(C)C3CC[C@@]21C)C(C)C. The van der Waals surface area contributed by atoms with Crippen LogP contribution in [0.5, 0.6) is 0 Å². The molecule has 0 radical (unpaired) electrons. The highest BCUT2D eigenvalue weighted by molar-refractivity contribution is 7.47. The Kier molecular flexibility index (Phi) is 13.0. The molecular weight excluding hydrogens is 611 g/mol. The summed E-state index contributed by atoms with van der Waals surface area (Å²) >= 11 is 0. The van der Waals surface area contributed by atoms with Crippen molar-refractivity contribution < 1.29 is 32.5 Å². The van der Waals surface area contributed by atoms with Crippen molar-refractivity contribution in [2.45, 2.75) is 112 Å². The van der Waals surface area contributed by atoms with Crippen LogP contribution in [0.25, 0.3) is 0 Å². The lowest BCUT2D eigenvalue weighted by molar-refractivity contribution is -0.870. The van der Waals surface area contributed by atoms with E-state index in [1.54, 1.807) is 0 Å². The van der Waals surface area contributed by atoms with Gasteiger partial charge in [0.1, 0.15) is 19.3 Å². The van der Waals surface area contributed by atoms with E-state index in [0.717, 1.165) is 42.9 Å². The van der Waals surface area contributed by atoms with Crippen LogP contribution in [0.15, 0.2) is 23.8 Å². The minimum absolute atomic E-state index is 0.0174. The zero-order chi connectivity index (χ0) is 34.6. The van der Waals surface area contributed by atoms with E-state index in [4.69, 9.17) is 13.8 Å². The summed E-state index contributed by atoms with van der Waals surface area (Å²) in [5.74, 6) is 5.10. The molecule has 0 bridgehead atoms. The fourth-order valence-corrected chi connectivity index (χ4v) is 10.8. The molecule has 0 aromatic rings. The summed E-state index contributed by atoms with van der Waals surface area (Å²) in [6.45, 7) is 15.7. The molecule has 3 fully saturated rings. The Hall–Kier alpha value is -1.18. The van der Waals surface area contributed by atoms with Gasteiger partial charge in [-0.2, -0.15) is 0 Å². The number of alkyl carbamates (subject to hydrolysis) is 1. The zero-order valence-electron chi connectivity index (χ0n) is 31.1. The number of hydrogen-bond acceptors (Lipinski definition) is 5. The van der Waals surface area contributed by atoms with Crippen LogP contribution in [-0.2, 0) is 18.3 Å². The van der Waals surface area contributed by atoms with E-state index in [2.05, 4.69) is 65.1 Å². The predicted octanol–water partition coefficient (Wildman–Crippen LogP) is 8.76. The van der Waals surface area contributed by atoms with Crippen molar-refractivity contribution in [1.82, 2.24) is 5.32 Å². The van der Waals surface area contributed by atoms with Crippen molar-refractivity contribution in [3.05, 3.63) is 23.8 Å². The summed E-state index contributed by atoms with van der Waals surface area (Å²) in [5, 5.41) is 2.79. The normalized spacial score (nSPS) is 35.0. The molecule has 4 unspecified atom stereocenters. The lowest BCUT2D eigenvalue weighted by atomic mass is 9.47. The van der Waals surface area contributed by atoms with Gasteiger partial charge in [-0.05, 0) is 110 Å². The molecule has 0 heterocycles. The van der Waals surface area contributed by atoms with Crippen LogP contribution in [0.3, 0.4) is 0 Å². The Labute approximate surface area is 286 Å². The molecule has 0 saturated heterocycles. The average molecular weight is 680 g/mol. The summed E-state index contributed by atoms with van der Waals surface area (Å²) in [4.78, 5) is 22.5. The molecule has 8 nitrogen and oxygen atoms in total. The van der Waals surface area contributed by atoms with Gasteiger partial charge in [-0.1, -0.05) is 65.3 Å². The van der Waals surface area contributed by atoms with E-state index in [1.165, 1.54) is 44.1 Å². The number of likely N-dealkylation sites (N-methyl/N-ethyl adjacent to an activating group) is 1. The molecular formula is C38H68N2O6P+. The van der Waals surface area contributed by atoms with Gasteiger partial charge in [-0.15, -0.1) is 0 Å². The van der Waals surface area contributed by atoms with Crippen molar-refractivity contribution in [2.24, 2.45) is 52.3 Å². The number of quaternary nitrogens is 1. The molecule has 4 rings (SSSR count). The van der Waals surface area contributed by atoms with Gasteiger partial charge in [-0.3, -0.25) is 9.05 Å². The number of phosphoric acid groups is 1. The fourth-order valence-electron chi connectivity index (χ4n) is 10.0. The average Bonchev–Trinajstić information content (AvgIpc) is 3.33. The number of phosphoric ester groups is 1. The number of carbonyl (C=O) groups excluding carboxylic acids is 1. The standard InChI is InChI=1S/C38H67N2O6P/c1-10-29(27(2)3)13-12-28(4)33-16-17-34-32-15-14-30-26-31(18-20-37(30,5)35(32)19-21-38(33,34)6)46-36(41)39-22-11-24-44-47(42,43)45-25-23-40(7,8)9/h12-14,27-29,31-35H,10-11,15-26H2,1-9H3,(H-,39,41,42,43)/p+1/b13-12+/t28-,29-,31+,32?,33-,34?,35?,37+,38-/m1/s1. The first kappa shape index (κ1) is 38.6. The molecule has 0 aromatic heterocycles. The second-order valence-corrected chi connectivity index (χ2v) is 18.7. The Bertz CT molecular complexity index is 1170. The number of ether oxygens (including phenoxy) is 1. The summed E-state index contributed by atoms with van der Waals surface area (Å²) in [5.41, 5.74) is 2.15. The maximum atomic E-state index is 12.6. The van der Waals surface area contributed by atoms with Gasteiger partial charge >= 0.3 is 13.9 Å². The van der Waals surface area contributed by atoms with Crippen molar-refractivity contribution >= 4 is 13.9 Å². The first-order valence-electron chi connectivity index (χ1n) is 18.7. The van der Waals surface area contributed by atoms with Gasteiger partial charge in [-0.25, -0.2) is 9.36 Å². The van der Waals surface area contributed by atoms with Crippen molar-refractivity contribution in [1.29, 1.82) is 0 Å². The highest BCUT2D eigenvalue weighted by Crippen LogP contribution is 2.67. The van der Waals surface area contributed by atoms with Gasteiger partial charge in [0.05, 0.1) is 27.7 Å². The Balaban J connectivity index is 1.24. The van der Waals surface area contributed by atoms with Gasteiger partial charge in [0.2, 0.25) is 0 Å². The molecule has 0 aromatic carbocycles. The van der Waals surface area contributed by atoms with E-state index in [-0.39, 0.29) is 24.7 Å². The predicted molar refractivity (Wildman–Crippen MR) is 190 cm³/mol. The first-order valence-corrected chi connectivity index (χ1v) is 20.2. The van der Waals surface area contributed by atoms with E-state index < -0.39 is 13.9 Å². The Morgan fingerprint density at radius 3 is 2.47 bits per heavy atom. The minimum atomic E-state index is -4.09. The maximum absolute atomic E-state index is 12.6. The molecule has 0 aliphatic heterocycles. The quantitative estimate of drug-likeness (QED) is 0.0778. The summed E-state index contributed by atoms with van der Waals surface area (Å²) < 4.78 is 28.6. The number of hydrogen-bond donors (Lipinski definition) is 2. The van der Waals surface area contributed by atoms with E-state index in [1.807, 2.05) is 21.1 Å². The largest absolute Gasteiger partial charge is 0.472 e. The second kappa shape index (κ2) is 15.8. The van der Waals surface area contributed by atoms with E-state index in [9.17, 15) is 14.3 Å². The van der Waals surface area contributed by atoms with Crippen LogP contribution < -0.4 is 5.32 Å². The van der Waals surface area contributed by atoms with Crippen LogP contribution >= 0.6 is 7.82 Å². The highest BCUT2D eigenvalue weighted by atomic mass is 31.2. The maximum Gasteiger partial charge on any atom is 0.472 e. The third-order valence-electron chi connectivity index (χ3n) is 12.9. The number of amides is 1. The number of allylic oxidation sites excluding steroid dienone is 3. The van der Waals surface area contributed by atoms with Gasteiger partial charge in [0, 0.05) is 13.0 Å².